The second-order valence-corrected chi connectivity index (χ2v) is 9.34. The summed E-state index contributed by atoms with van der Waals surface area (Å²) in [7, 11) is 3.27. The van der Waals surface area contributed by atoms with Gasteiger partial charge in [-0.25, -0.2) is 0 Å². The molecule has 5 aromatic rings. The zero-order valence-electron chi connectivity index (χ0n) is 22.0. The first kappa shape index (κ1) is 26.2. The number of rotatable bonds is 11. The molecule has 6 nitrogen and oxygen atoms in total. The standard InChI is InChI=1S/C33H31NO5/c1-37-29-16-12-26(13-17-29)33(25-8-4-3-5-9-25,27-14-18-30(38-2)19-15-27)39-23-28(36)21-34-20-24(22-35)31-10-6-7-11-32(31)34/h3-20,22,28,36H,21,23H2,1-2H3. The highest BCUT2D eigenvalue weighted by Gasteiger charge is 2.38. The van der Waals surface area contributed by atoms with Gasteiger partial charge in [0.05, 0.1) is 33.5 Å². The molecule has 1 heterocycles. The van der Waals surface area contributed by atoms with Crippen molar-refractivity contribution in [2.45, 2.75) is 18.2 Å². The van der Waals surface area contributed by atoms with Gasteiger partial charge in [-0.1, -0.05) is 72.8 Å². The number of aliphatic hydroxyl groups excluding tert-OH is 1. The molecule has 1 atom stereocenters. The van der Waals surface area contributed by atoms with Gasteiger partial charge in [-0.3, -0.25) is 4.79 Å². The summed E-state index contributed by atoms with van der Waals surface area (Å²) < 4.78 is 19.5. The minimum absolute atomic E-state index is 0.0376. The third-order valence-corrected chi connectivity index (χ3v) is 7.02. The van der Waals surface area contributed by atoms with E-state index < -0.39 is 11.7 Å². The van der Waals surface area contributed by atoms with Crippen LogP contribution < -0.4 is 9.47 Å². The molecule has 198 valence electrons. The molecule has 0 aliphatic rings. The van der Waals surface area contributed by atoms with Crippen molar-refractivity contribution in [3.8, 4) is 11.5 Å². The van der Waals surface area contributed by atoms with E-state index in [1.807, 2.05) is 108 Å². The molecule has 0 spiro atoms. The lowest BCUT2D eigenvalue weighted by Crippen LogP contribution is -2.36. The van der Waals surface area contributed by atoms with Crippen molar-refractivity contribution >= 4 is 17.2 Å². The molecule has 0 radical (unpaired) electrons. The molecular formula is C33H31NO5. The number of hydrogen-bond donors (Lipinski definition) is 1. The number of benzene rings is 4. The Morgan fingerprint density at radius 2 is 1.31 bits per heavy atom. The molecule has 0 amide bonds. The van der Waals surface area contributed by atoms with Crippen LogP contribution in [-0.4, -0.2) is 42.9 Å². The van der Waals surface area contributed by atoms with Gasteiger partial charge in [0.15, 0.2) is 6.29 Å². The summed E-state index contributed by atoms with van der Waals surface area (Å²) in [5, 5.41) is 12.1. The highest BCUT2D eigenvalue weighted by molar-refractivity contribution is 5.97. The van der Waals surface area contributed by atoms with Crippen LogP contribution in [0.15, 0.2) is 109 Å². The number of methoxy groups -OCH3 is 2. The highest BCUT2D eigenvalue weighted by Crippen LogP contribution is 2.41. The first-order valence-corrected chi connectivity index (χ1v) is 12.8. The van der Waals surface area contributed by atoms with E-state index in [9.17, 15) is 9.90 Å². The Kier molecular flexibility index (Phi) is 7.77. The number of aromatic nitrogens is 1. The maximum atomic E-state index is 11.6. The topological polar surface area (TPSA) is 69.9 Å². The maximum Gasteiger partial charge on any atom is 0.152 e. The number of aliphatic hydroxyl groups is 1. The van der Waals surface area contributed by atoms with Gasteiger partial charge < -0.3 is 23.9 Å². The number of ether oxygens (including phenoxy) is 3. The fourth-order valence-electron chi connectivity index (χ4n) is 5.10. The molecule has 5 rings (SSSR count). The summed E-state index contributed by atoms with van der Waals surface area (Å²) in [6.07, 6.45) is 1.77. The summed E-state index contributed by atoms with van der Waals surface area (Å²) in [5.41, 5.74) is 3.16. The van der Waals surface area contributed by atoms with Crippen molar-refractivity contribution < 1.29 is 24.1 Å². The van der Waals surface area contributed by atoms with Crippen LogP contribution in [0.25, 0.3) is 10.9 Å². The lowest BCUT2D eigenvalue weighted by molar-refractivity contribution is -0.0420. The molecule has 39 heavy (non-hydrogen) atoms. The number of nitrogens with zero attached hydrogens (tertiary/aromatic N) is 1. The summed E-state index contributed by atoms with van der Waals surface area (Å²) in [5.74, 6) is 1.47. The fourth-order valence-corrected chi connectivity index (χ4v) is 5.10. The molecule has 0 aliphatic heterocycles. The Morgan fingerprint density at radius 3 is 1.87 bits per heavy atom. The smallest absolute Gasteiger partial charge is 0.152 e. The Bertz CT molecular complexity index is 1480. The van der Waals surface area contributed by atoms with Crippen LogP contribution >= 0.6 is 0 Å². The van der Waals surface area contributed by atoms with Gasteiger partial charge >= 0.3 is 0 Å². The third kappa shape index (κ3) is 5.17. The van der Waals surface area contributed by atoms with E-state index in [4.69, 9.17) is 14.2 Å². The van der Waals surface area contributed by atoms with Crippen molar-refractivity contribution in [3.05, 3.63) is 132 Å². The second kappa shape index (κ2) is 11.6. The van der Waals surface area contributed by atoms with Gasteiger partial charge in [0.2, 0.25) is 0 Å². The van der Waals surface area contributed by atoms with E-state index in [1.54, 1.807) is 20.4 Å². The van der Waals surface area contributed by atoms with E-state index >= 15 is 0 Å². The lowest BCUT2D eigenvalue weighted by Gasteiger charge is -2.36. The van der Waals surface area contributed by atoms with E-state index in [0.717, 1.165) is 45.4 Å². The lowest BCUT2D eigenvalue weighted by atomic mass is 9.80. The van der Waals surface area contributed by atoms with Gasteiger partial charge in [0, 0.05) is 22.7 Å². The fraction of sp³-hybridized carbons (Fsp3) is 0.182. The minimum Gasteiger partial charge on any atom is -0.497 e. The van der Waals surface area contributed by atoms with Crippen LogP contribution in [0.1, 0.15) is 27.0 Å². The molecule has 0 bridgehead atoms. The van der Waals surface area contributed by atoms with Crippen LogP contribution in [-0.2, 0) is 16.9 Å². The normalized spacial score (nSPS) is 12.3. The zero-order valence-corrected chi connectivity index (χ0v) is 22.0. The molecule has 0 fully saturated rings. The molecule has 1 N–H and O–H groups in total. The molecule has 4 aromatic carbocycles. The first-order valence-electron chi connectivity index (χ1n) is 12.8. The highest BCUT2D eigenvalue weighted by atomic mass is 16.5. The van der Waals surface area contributed by atoms with Crippen LogP contribution in [0, 0.1) is 0 Å². The number of hydrogen-bond acceptors (Lipinski definition) is 5. The number of fused-ring (bicyclic) bond motifs is 1. The summed E-state index contributed by atoms with van der Waals surface area (Å²) in [6, 6.07) is 33.2. The number of para-hydroxylation sites is 1. The average Bonchev–Trinajstić information content (AvgIpc) is 3.36. The molecule has 1 unspecified atom stereocenters. The molecule has 0 aliphatic carbocycles. The van der Waals surface area contributed by atoms with Gasteiger partial charge in [-0.05, 0) is 47.0 Å². The quantitative estimate of drug-likeness (QED) is 0.175. The van der Waals surface area contributed by atoms with Crippen molar-refractivity contribution in [1.29, 1.82) is 0 Å². The van der Waals surface area contributed by atoms with Gasteiger partial charge in [0.1, 0.15) is 17.1 Å². The average molecular weight is 522 g/mol. The van der Waals surface area contributed by atoms with E-state index in [-0.39, 0.29) is 13.2 Å². The minimum atomic E-state index is -1.02. The monoisotopic (exact) mass is 521 g/mol. The third-order valence-electron chi connectivity index (χ3n) is 7.02. The van der Waals surface area contributed by atoms with Crippen molar-refractivity contribution in [1.82, 2.24) is 4.57 Å². The van der Waals surface area contributed by atoms with E-state index in [2.05, 4.69) is 0 Å². The number of carbonyl (C=O) groups excluding carboxylic acids is 1. The van der Waals surface area contributed by atoms with Crippen LogP contribution in [0.4, 0.5) is 0 Å². The molecule has 6 heteroatoms. The maximum absolute atomic E-state index is 11.6. The van der Waals surface area contributed by atoms with Crippen LogP contribution in [0.5, 0.6) is 11.5 Å². The Balaban J connectivity index is 1.54. The van der Waals surface area contributed by atoms with Crippen molar-refractivity contribution in [3.63, 3.8) is 0 Å². The Labute approximate surface area is 228 Å². The van der Waals surface area contributed by atoms with Crippen LogP contribution in [0.3, 0.4) is 0 Å². The largest absolute Gasteiger partial charge is 0.497 e. The van der Waals surface area contributed by atoms with Crippen molar-refractivity contribution in [2.24, 2.45) is 0 Å². The number of aldehydes is 1. The van der Waals surface area contributed by atoms with Gasteiger partial charge in [0.25, 0.3) is 0 Å². The summed E-state index contributed by atoms with van der Waals surface area (Å²) in [6.45, 7) is 0.306. The van der Waals surface area contributed by atoms with E-state index in [1.165, 1.54) is 0 Å². The van der Waals surface area contributed by atoms with Crippen molar-refractivity contribution in [2.75, 3.05) is 20.8 Å². The SMILES string of the molecule is COc1ccc(C(OCC(O)Cn2cc(C=O)c3ccccc32)(c2ccccc2)c2ccc(OC)cc2)cc1. The summed E-state index contributed by atoms with van der Waals surface area (Å²) in [4.78, 5) is 11.6. The molecule has 0 saturated heterocycles. The predicted molar refractivity (Wildman–Crippen MR) is 152 cm³/mol. The molecule has 0 saturated carbocycles. The van der Waals surface area contributed by atoms with Gasteiger partial charge in [-0.2, -0.15) is 0 Å². The summed E-state index contributed by atoms with van der Waals surface area (Å²) >= 11 is 0. The van der Waals surface area contributed by atoms with Crippen LogP contribution in [0.2, 0.25) is 0 Å². The zero-order chi connectivity index (χ0) is 27.2. The Morgan fingerprint density at radius 1 is 0.769 bits per heavy atom. The molecule has 1 aromatic heterocycles. The van der Waals surface area contributed by atoms with Gasteiger partial charge in [-0.15, -0.1) is 0 Å². The second-order valence-electron chi connectivity index (χ2n) is 9.34. The predicted octanol–water partition coefficient (Wildman–Crippen LogP) is 5.84. The van der Waals surface area contributed by atoms with E-state index in [0.29, 0.717) is 5.56 Å². The first-order chi connectivity index (χ1) is 19.1. The Hall–Kier alpha value is -4.39. The molecular weight excluding hydrogens is 490 g/mol. The number of carbonyl (C=O) groups is 1.